The van der Waals surface area contributed by atoms with Crippen molar-refractivity contribution in [3.8, 4) is 0 Å². The molecule has 1 aliphatic rings. The highest BCUT2D eigenvalue weighted by atomic mass is 16.2. The van der Waals surface area contributed by atoms with E-state index >= 15 is 0 Å². The summed E-state index contributed by atoms with van der Waals surface area (Å²) in [5, 5.41) is 5.55. The molecular weight excluding hydrogens is 264 g/mol. The van der Waals surface area contributed by atoms with Gasteiger partial charge < -0.3 is 10.6 Å². The summed E-state index contributed by atoms with van der Waals surface area (Å²) in [5.74, 6) is -0.565. The van der Waals surface area contributed by atoms with Crippen molar-refractivity contribution >= 4 is 11.8 Å². The first-order chi connectivity index (χ1) is 10.2. The van der Waals surface area contributed by atoms with Crippen LogP contribution < -0.4 is 10.6 Å². The lowest BCUT2D eigenvalue weighted by Gasteiger charge is -2.29. The molecule has 1 aromatic carbocycles. The topological polar surface area (TPSA) is 58.2 Å². The largest absolute Gasteiger partial charge is 0.348 e. The first-order valence-corrected chi connectivity index (χ1v) is 7.79. The summed E-state index contributed by atoms with van der Waals surface area (Å²) in [4.78, 5) is 23.7. The van der Waals surface area contributed by atoms with Crippen LogP contribution in [0.4, 0.5) is 0 Å². The van der Waals surface area contributed by atoms with Crippen molar-refractivity contribution in [2.45, 2.75) is 45.1 Å². The Labute approximate surface area is 126 Å². The fourth-order valence-corrected chi connectivity index (χ4v) is 2.81. The fraction of sp³-hybridized carbons (Fsp3) is 0.529. The fourth-order valence-electron chi connectivity index (χ4n) is 2.81. The first-order valence-electron chi connectivity index (χ1n) is 7.79. The number of rotatable bonds is 4. The molecule has 0 spiro atoms. The van der Waals surface area contributed by atoms with Crippen molar-refractivity contribution in [3.05, 3.63) is 35.9 Å². The summed E-state index contributed by atoms with van der Waals surface area (Å²) >= 11 is 0. The Hall–Kier alpha value is -1.84. The Morgan fingerprint density at radius 3 is 2.52 bits per heavy atom. The zero-order valence-corrected chi connectivity index (χ0v) is 12.6. The molecule has 0 radical (unpaired) electrons. The van der Waals surface area contributed by atoms with E-state index in [0.29, 0.717) is 12.5 Å². The molecule has 0 unspecified atom stereocenters. The van der Waals surface area contributed by atoms with E-state index in [1.165, 1.54) is 6.42 Å². The van der Waals surface area contributed by atoms with E-state index in [-0.39, 0.29) is 6.04 Å². The predicted octanol–water partition coefficient (Wildman–Crippen LogP) is 2.04. The SMILES string of the molecule is C[C@@H]1CCCC[C@@H]1NC(=O)C(=O)NCCc1ccccc1. The molecule has 2 atom stereocenters. The van der Waals surface area contributed by atoms with Gasteiger partial charge in [0.15, 0.2) is 0 Å². The molecule has 21 heavy (non-hydrogen) atoms. The van der Waals surface area contributed by atoms with Crippen LogP contribution in [0.2, 0.25) is 0 Å². The summed E-state index contributed by atoms with van der Waals surface area (Å²) in [6.07, 6.45) is 5.19. The second kappa shape index (κ2) is 7.81. The molecule has 0 aliphatic heterocycles. The molecule has 1 saturated carbocycles. The quantitative estimate of drug-likeness (QED) is 0.833. The van der Waals surface area contributed by atoms with Gasteiger partial charge in [-0.3, -0.25) is 9.59 Å². The van der Waals surface area contributed by atoms with Crippen LogP contribution >= 0.6 is 0 Å². The smallest absolute Gasteiger partial charge is 0.309 e. The molecule has 1 aliphatic carbocycles. The van der Waals surface area contributed by atoms with Crippen molar-refractivity contribution in [3.63, 3.8) is 0 Å². The minimum Gasteiger partial charge on any atom is -0.348 e. The van der Waals surface area contributed by atoms with Gasteiger partial charge in [-0.2, -0.15) is 0 Å². The van der Waals surface area contributed by atoms with Crippen LogP contribution in [0.25, 0.3) is 0 Å². The number of carbonyl (C=O) groups is 2. The third-order valence-electron chi connectivity index (χ3n) is 4.18. The first kappa shape index (κ1) is 15.5. The highest BCUT2D eigenvalue weighted by Crippen LogP contribution is 2.23. The molecular formula is C17H24N2O2. The maximum Gasteiger partial charge on any atom is 0.309 e. The van der Waals surface area contributed by atoms with Gasteiger partial charge in [-0.05, 0) is 30.7 Å². The van der Waals surface area contributed by atoms with Gasteiger partial charge in [0, 0.05) is 12.6 Å². The third kappa shape index (κ3) is 4.88. The van der Waals surface area contributed by atoms with Gasteiger partial charge in [0.2, 0.25) is 0 Å². The van der Waals surface area contributed by atoms with Gasteiger partial charge in [0.1, 0.15) is 0 Å². The van der Waals surface area contributed by atoms with Crippen molar-refractivity contribution in [1.82, 2.24) is 10.6 Å². The number of benzene rings is 1. The number of carbonyl (C=O) groups excluding carboxylic acids is 2. The standard InChI is InChI=1S/C17H24N2O2/c1-13-7-5-6-10-15(13)19-17(21)16(20)18-12-11-14-8-3-2-4-9-14/h2-4,8-9,13,15H,5-7,10-12H2,1H3,(H,18,20)(H,19,21)/t13-,15+/m1/s1. The number of amides is 2. The van der Waals surface area contributed by atoms with Gasteiger partial charge in [-0.1, -0.05) is 50.1 Å². The van der Waals surface area contributed by atoms with Crippen molar-refractivity contribution in [1.29, 1.82) is 0 Å². The van der Waals surface area contributed by atoms with E-state index in [4.69, 9.17) is 0 Å². The summed E-state index contributed by atoms with van der Waals surface area (Å²) in [6, 6.07) is 10.1. The maximum atomic E-state index is 11.9. The molecule has 4 nitrogen and oxygen atoms in total. The van der Waals surface area contributed by atoms with E-state index in [9.17, 15) is 9.59 Å². The average molecular weight is 288 g/mol. The molecule has 2 rings (SSSR count). The molecule has 0 bridgehead atoms. The van der Waals surface area contributed by atoms with E-state index < -0.39 is 11.8 Å². The molecule has 1 fully saturated rings. The second-order valence-corrected chi connectivity index (χ2v) is 5.83. The maximum absolute atomic E-state index is 11.9. The molecule has 114 valence electrons. The van der Waals surface area contributed by atoms with Gasteiger partial charge in [-0.15, -0.1) is 0 Å². The van der Waals surface area contributed by atoms with E-state index in [1.807, 2.05) is 30.3 Å². The minimum absolute atomic E-state index is 0.145. The molecule has 0 saturated heterocycles. The Bertz CT molecular complexity index is 473. The molecule has 2 N–H and O–H groups in total. The van der Waals surface area contributed by atoms with Crippen molar-refractivity contribution < 1.29 is 9.59 Å². The second-order valence-electron chi connectivity index (χ2n) is 5.83. The van der Waals surface area contributed by atoms with Crippen LogP contribution in [-0.4, -0.2) is 24.4 Å². The van der Waals surface area contributed by atoms with E-state index in [0.717, 1.165) is 31.2 Å². The highest BCUT2D eigenvalue weighted by molar-refractivity contribution is 6.35. The number of hydrogen-bond acceptors (Lipinski definition) is 2. The van der Waals surface area contributed by atoms with Crippen LogP contribution in [0.15, 0.2) is 30.3 Å². The Kier molecular flexibility index (Phi) is 5.78. The third-order valence-corrected chi connectivity index (χ3v) is 4.18. The van der Waals surface area contributed by atoms with Crippen molar-refractivity contribution in [2.24, 2.45) is 5.92 Å². The summed E-state index contributed by atoms with van der Waals surface area (Å²) in [5.41, 5.74) is 1.15. The summed E-state index contributed by atoms with van der Waals surface area (Å²) in [7, 11) is 0. The predicted molar refractivity (Wildman–Crippen MR) is 82.7 cm³/mol. The molecule has 0 heterocycles. The zero-order chi connectivity index (χ0) is 15.1. The summed E-state index contributed by atoms with van der Waals surface area (Å²) < 4.78 is 0. The van der Waals surface area contributed by atoms with E-state index in [1.54, 1.807) is 0 Å². The Balaban J connectivity index is 1.71. The molecule has 0 aromatic heterocycles. The van der Waals surface area contributed by atoms with Crippen LogP contribution in [0.3, 0.4) is 0 Å². The molecule has 2 amide bonds. The lowest BCUT2D eigenvalue weighted by atomic mass is 9.86. The van der Waals surface area contributed by atoms with Gasteiger partial charge >= 0.3 is 11.8 Å². The van der Waals surface area contributed by atoms with Gasteiger partial charge in [0.25, 0.3) is 0 Å². The van der Waals surface area contributed by atoms with Crippen LogP contribution in [0.5, 0.6) is 0 Å². The van der Waals surface area contributed by atoms with Crippen molar-refractivity contribution in [2.75, 3.05) is 6.54 Å². The Morgan fingerprint density at radius 1 is 1.10 bits per heavy atom. The lowest BCUT2D eigenvalue weighted by Crippen LogP contribution is -2.48. The van der Waals surface area contributed by atoms with Gasteiger partial charge in [0.05, 0.1) is 0 Å². The number of hydrogen-bond donors (Lipinski definition) is 2. The monoisotopic (exact) mass is 288 g/mol. The highest BCUT2D eigenvalue weighted by Gasteiger charge is 2.25. The average Bonchev–Trinajstić information content (AvgIpc) is 2.50. The molecule has 4 heteroatoms. The summed E-state index contributed by atoms with van der Waals surface area (Å²) in [6.45, 7) is 2.62. The number of nitrogens with one attached hydrogen (secondary N) is 2. The normalized spacial score (nSPS) is 21.6. The van der Waals surface area contributed by atoms with Gasteiger partial charge in [-0.25, -0.2) is 0 Å². The van der Waals surface area contributed by atoms with Crippen LogP contribution in [-0.2, 0) is 16.0 Å². The van der Waals surface area contributed by atoms with Crippen LogP contribution in [0.1, 0.15) is 38.2 Å². The van der Waals surface area contributed by atoms with E-state index in [2.05, 4.69) is 17.6 Å². The molecule has 1 aromatic rings. The van der Waals surface area contributed by atoms with Crippen LogP contribution in [0, 0.1) is 5.92 Å². The Morgan fingerprint density at radius 2 is 1.81 bits per heavy atom. The lowest BCUT2D eigenvalue weighted by molar-refractivity contribution is -0.139. The minimum atomic E-state index is -0.524. The zero-order valence-electron chi connectivity index (χ0n) is 12.6.